The van der Waals surface area contributed by atoms with Crippen molar-refractivity contribution in [3.63, 3.8) is 0 Å². The molecular weight excluding hydrogens is 304 g/mol. The number of likely N-dealkylation sites (N-methyl/N-ethyl adjacent to an activating group) is 1. The number of carbonyl (C=O) groups excluding carboxylic acids is 1. The van der Waals surface area contributed by atoms with Crippen LogP contribution in [0, 0.1) is 0 Å². The van der Waals surface area contributed by atoms with Gasteiger partial charge in [-0.1, -0.05) is 15.9 Å². The van der Waals surface area contributed by atoms with Crippen molar-refractivity contribution in [2.75, 3.05) is 6.54 Å². The third-order valence-corrected chi connectivity index (χ3v) is 4.18. The molecule has 1 aliphatic rings. The van der Waals surface area contributed by atoms with E-state index in [2.05, 4.69) is 41.1 Å². The van der Waals surface area contributed by atoms with Crippen molar-refractivity contribution in [2.45, 2.75) is 32.4 Å². The molecule has 19 heavy (non-hydrogen) atoms. The third kappa shape index (κ3) is 2.54. The molecule has 0 N–H and O–H groups in total. The van der Waals surface area contributed by atoms with Crippen LogP contribution >= 0.6 is 15.9 Å². The third-order valence-electron chi connectivity index (χ3n) is 3.69. The van der Waals surface area contributed by atoms with E-state index >= 15 is 0 Å². The first-order valence-electron chi connectivity index (χ1n) is 6.73. The second-order valence-electron chi connectivity index (χ2n) is 5.06. The van der Waals surface area contributed by atoms with Crippen LogP contribution in [-0.4, -0.2) is 28.0 Å². The minimum Gasteiger partial charge on any atom is -0.338 e. The standard InChI is InChI=1S/C15H17BrN2O/c1-2-18(13-4-5-13)15(19)10-17-8-7-11-9-12(16)3-6-14(11)17/h3,6-9,13H,2,4-5,10H2,1H3. The molecule has 1 aliphatic carbocycles. The highest BCUT2D eigenvalue weighted by molar-refractivity contribution is 9.10. The predicted molar refractivity (Wildman–Crippen MR) is 80.0 cm³/mol. The van der Waals surface area contributed by atoms with E-state index in [0.29, 0.717) is 12.6 Å². The van der Waals surface area contributed by atoms with Crippen molar-refractivity contribution in [2.24, 2.45) is 0 Å². The van der Waals surface area contributed by atoms with Crippen LogP contribution in [0.25, 0.3) is 10.9 Å². The van der Waals surface area contributed by atoms with E-state index in [1.807, 2.05) is 21.7 Å². The molecule has 4 heteroatoms. The molecule has 1 saturated carbocycles. The first-order valence-corrected chi connectivity index (χ1v) is 7.52. The average Bonchev–Trinajstić information content (AvgIpc) is 3.14. The minimum absolute atomic E-state index is 0.227. The van der Waals surface area contributed by atoms with Gasteiger partial charge in [-0.3, -0.25) is 4.79 Å². The summed E-state index contributed by atoms with van der Waals surface area (Å²) >= 11 is 3.47. The SMILES string of the molecule is CCN(C(=O)Cn1ccc2cc(Br)ccc21)C1CC1. The molecule has 0 saturated heterocycles. The Morgan fingerprint density at radius 2 is 2.21 bits per heavy atom. The van der Waals surface area contributed by atoms with Crippen LogP contribution in [0.3, 0.4) is 0 Å². The van der Waals surface area contributed by atoms with Crippen LogP contribution in [0.4, 0.5) is 0 Å². The fourth-order valence-corrected chi connectivity index (χ4v) is 2.95. The van der Waals surface area contributed by atoms with Crippen LogP contribution in [0.15, 0.2) is 34.9 Å². The molecule has 1 aromatic heterocycles. The monoisotopic (exact) mass is 320 g/mol. The van der Waals surface area contributed by atoms with Crippen molar-refractivity contribution in [1.82, 2.24) is 9.47 Å². The summed E-state index contributed by atoms with van der Waals surface area (Å²) in [6.07, 6.45) is 4.33. The van der Waals surface area contributed by atoms with E-state index in [-0.39, 0.29) is 5.91 Å². The van der Waals surface area contributed by atoms with Crippen molar-refractivity contribution in [3.8, 4) is 0 Å². The Balaban J connectivity index is 1.82. The first-order chi connectivity index (χ1) is 9.19. The summed E-state index contributed by atoms with van der Waals surface area (Å²) in [6, 6.07) is 8.70. The van der Waals surface area contributed by atoms with Crippen LogP contribution in [-0.2, 0) is 11.3 Å². The quantitative estimate of drug-likeness (QED) is 0.847. The zero-order valence-electron chi connectivity index (χ0n) is 11.0. The maximum atomic E-state index is 12.3. The van der Waals surface area contributed by atoms with Crippen molar-refractivity contribution >= 4 is 32.7 Å². The number of carbonyl (C=O) groups is 1. The lowest BCUT2D eigenvalue weighted by atomic mass is 10.2. The molecule has 0 radical (unpaired) electrons. The molecule has 0 aliphatic heterocycles. The fourth-order valence-electron chi connectivity index (χ4n) is 2.57. The van der Waals surface area contributed by atoms with Crippen LogP contribution < -0.4 is 0 Å². The maximum Gasteiger partial charge on any atom is 0.242 e. The summed E-state index contributed by atoms with van der Waals surface area (Å²) in [5, 5.41) is 1.16. The zero-order valence-corrected chi connectivity index (χ0v) is 12.6. The number of hydrogen-bond donors (Lipinski definition) is 0. The Bertz CT molecular complexity index is 616. The van der Waals surface area contributed by atoms with Crippen LogP contribution in [0.2, 0.25) is 0 Å². The molecule has 3 nitrogen and oxygen atoms in total. The molecule has 0 bridgehead atoms. The maximum absolute atomic E-state index is 12.3. The Kier molecular flexibility index (Phi) is 3.35. The highest BCUT2D eigenvalue weighted by Gasteiger charge is 2.31. The van der Waals surface area contributed by atoms with Gasteiger partial charge < -0.3 is 9.47 Å². The number of halogens is 1. The number of benzene rings is 1. The number of fused-ring (bicyclic) bond motifs is 1. The molecule has 3 rings (SSSR count). The molecule has 0 unspecified atom stereocenters. The summed E-state index contributed by atoms with van der Waals surface area (Å²) < 4.78 is 3.10. The Labute approximate surface area is 121 Å². The number of amides is 1. The lowest BCUT2D eigenvalue weighted by Crippen LogP contribution is -2.35. The molecular formula is C15H17BrN2O. The second kappa shape index (κ2) is 5.00. The number of aromatic nitrogens is 1. The van der Waals surface area contributed by atoms with Gasteiger partial charge in [0.15, 0.2) is 0 Å². The zero-order chi connectivity index (χ0) is 13.4. The van der Waals surface area contributed by atoms with Crippen LogP contribution in [0.5, 0.6) is 0 Å². The summed E-state index contributed by atoms with van der Waals surface area (Å²) in [4.78, 5) is 14.3. The lowest BCUT2D eigenvalue weighted by Gasteiger charge is -2.20. The first kappa shape index (κ1) is 12.7. The fraction of sp³-hybridized carbons (Fsp3) is 0.400. The summed E-state index contributed by atoms with van der Waals surface area (Å²) in [5.74, 6) is 0.227. The van der Waals surface area contributed by atoms with Crippen molar-refractivity contribution < 1.29 is 4.79 Å². The van der Waals surface area contributed by atoms with E-state index in [4.69, 9.17) is 0 Å². The van der Waals surface area contributed by atoms with Gasteiger partial charge in [0.05, 0.1) is 0 Å². The lowest BCUT2D eigenvalue weighted by molar-refractivity contribution is -0.132. The molecule has 2 aromatic rings. The van der Waals surface area contributed by atoms with Crippen LogP contribution in [0.1, 0.15) is 19.8 Å². The van der Waals surface area contributed by atoms with E-state index < -0.39 is 0 Å². The number of rotatable bonds is 4. The molecule has 1 aromatic carbocycles. The van der Waals surface area contributed by atoms with Gasteiger partial charge >= 0.3 is 0 Å². The van der Waals surface area contributed by atoms with Gasteiger partial charge in [0.1, 0.15) is 6.54 Å². The van der Waals surface area contributed by atoms with Gasteiger partial charge in [-0.05, 0) is 44.0 Å². The Morgan fingerprint density at radius 3 is 2.89 bits per heavy atom. The van der Waals surface area contributed by atoms with E-state index in [1.165, 1.54) is 12.8 Å². The number of nitrogens with zero attached hydrogens (tertiary/aromatic N) is 2. The smallest absolute Gasteiger partial charge is 0.242 e. The van der Waals surface area contributed by atoms with Gasteiger partial charge in [-0.2, -0.15) is 0 Å². The number of hydrogen-bond acceptors (Lipinski definition) is 1. The predicted octanol–water partition coefficient (Wildman–Crippen LogP) is 3.41. The van der Waals surface area contributed by atoms with Gasteiger partial charge in [-0.15, -0.1) is 0 Å². The summed E-state index contributed by atoms with van der Waals surface area (Å²) in [7, 11) is 0. The second-order valence-corrected chi connectivity index (χ2v) is 5.97. The van der Waals surface area contributed by atoms with Gasteiger partial charge in [-0.25, -0.2) is 0 Å². The Hall–Kier alpha value is -1.29. The highest BCUT2D eigenvalue weighted by atomic mass is 79.9. The molecule has 1 fully saturated rings. The minimum atomic E-state index is 0.227. The van der Waals surface area contributed by atoms with E-state index in [9.17, 15) is 4.79 Å². The van der Waals surface area contributed by atoms with E-state index in [0.717, 1.165) is 21.9 Å². The normalized spacial score (nSPS) is 14.8. The molecule has 1 heterocycles. The topological polar surface area (TPSA) is 25.2 Å². The van der Waals surface area contributed by atoms with Gasteiger partial charge in [0.25, 0.3) is 0 Å². The molecule has 1 amide bonds. The van der Waals surface area contributed by atoms with Gasteiger partial charge in [0.2, 0.25) is 5.91 Å². The molecule has 100 valence electrons. The summed E-state index contributed by atoms with van der Waals surface area (Å²) in [6.45, 7) is 3.31. The van der Waals surface area contributed by atoms with Crippen molar-refractivity contribution in [1.29, 1.82) is 0 Å². The largest absolute Gasteiger partial charge is 0.338 e. The van der Waals surface area contributed by atoms with Gasteiger partial charge in [0, 0.05) is 34.2 Å². The highest BCUT2D eigenvalue weighted by Crippen LogP contribution is 2.27. The molecule has 0 atom stereocenters. The Morgan fingerprint density at radius 1 is 1.42 bits per heavy atom. The van der Waals surface area contributed by atoms with E-state index in [1.54, 1.807) is 0 Å². The molecule has 0 spiro atoms. The average molecular weight is 321 g/mol. The van der Waals surface area contributed by atoms with Crippen molar-refractivity contribution in [3.05, 3.63) is 34.9 Å². The summed E-state index contributed by atoms with van der Waals surface area (Å²) in [5.41, 5.74) is 1.11.